The van der Waals surface area contributed by atoms with Crippen LogP contribution < -0.4 is 5.73 Å². The van der Waals surface area contributed by atoms with Crippen LogP contribution in [0.4, 0.5) is 0 Å². The second-order valence-corrected chi connectivity index (χ2v) is 4.03. The number of likely N-dealkylation sites (N-methyl/N-ethyl adjacent to an activating group) is 2. The molecule has 0 radical (unpaired) electrons. The Morgan fingerprint density at radius 1 is 1.69 bits per heavy atom. The lowest BCUT2D eigenvalue weighted by molar-refractivity contribution is 0.111. The van der Waals surface area contributed by atoms with Gasteiger partial charge in [0.1, 0.15) is 0 Å². The number of hydrogen-bond acceptors (Lipinski definition) is 4. The van der Waals surface area contributed by atoms with E-state index in [1.165, 1.54) is 6.42 Å². The van der Waals surface area contributed by atoms with Crippen molar-refractivity contribution < 1.29 is 5.11 Å². The Morgan fingerprint density at radius 2 is 2.38 bits per heavy atom. The Balaban J connectivity index is 2.27. The highest BCUT2D eigenvalue weighted by Gasteiger charge is 2.23. The molecule has 1 rings (SSSR count). The number of hydrogen-bond donors (Lipinski definition) is 2. The van der Waals surface area contributed by atoms with Crippen molar-refractivity contribution in [3.05, 3.63) is 0 Å². The normalized spacial score (nSPS) is 27.0. The zero-order chi connectivity index (χ0) is 9.84. The Labute approximate surface area is 80.3 Å². The van der Waals surface area contributed by atoms with Crippen molar-refractivity contribution in [2.45, 2.75) is 18.6 Å². The van der Waals surface area contributed by atoms with E-state index >= 15 is 0 Å². The van der Waals surface area contributed by atoms with Crippen molar-refractivity contribution in [3.63, 3.8) is 0 Å². The summed E-state index contributed by atoms with van der Waals surface area (Å²) in [4.78, 5) is 4.52. The predicted molar refractivity (Wildman–Crippen MR) is 53.6 cm³/mol. The Bertz CT molecular complexity index is 154. The molecule has 0 aromatic carbocycles. The summed E-state index contributed by atoms with van der Waals surface area (Å²) >= 11 is 0. The van der Waals surface area contributed by atoms with Crippen molar-refractivity contribution in [1.29, 1.82) is 0 Å². The average Bonchev–Trinajstić information content (AvgIpc) is 2.51. The van der Waals surface area contributed by atoms with Gasteiger partial charge in [-0.1, -0.05) is 0 Å². The Morgan fingerprint density at radius 3 is 2.85 bits per heavy atom. The summed E-state index contributed by atoms with van der Waals surface area (Å²) in [5.74, 6) is 0. The molecule has 1 heterocycles. The molecule has 2 unspecified atom stereocenters. The molecule has 78 valence electrons. The van der Waals surface area contributed by atoms with Gasteiger partial charge < -0.3 is 15.7 Å². The lowest BCUT2D eigenvalue weighted by Gasteiger charge is -2.25. The first-order valence-electron chi connectivity index (χ1n) is 4.90. The Kier molecular flexibility index (Phi) is 4.12. The van der Waals surface area contributed by atoms with Crippen molar-refractivity contribution in [3.8, 4) is 0 Å². The van der Waals surface area contributed by atoms with Gasteiger partial charge in [-0.25, -0.2) is 0 Å². The van der Waals surface area contributed by atoms with Gasteiger partial charge in [-0.3, -0.25) is 4.90 Å². The molecule has 0 aromatic rings. The molecular formula is C9H21N3O. The van der Waals surface area contributed by atoms with Gasteiger partial charge in [-0.05, 0) is 27.1 Å². The fourth-order valence-electron chi connectivity index (χ4n) is 1.83. The number of rotatable bonds is 4. The minimum absolute atomic E-state index is 0.354. The van der Waals surface area contributed by atoms with Gasteiger partial charge in [-0.15, -0.1) is 0 Å². The molecule has 1 fully saturated rings. The highest BCUT2D eigenvalue weighted by atomic mass is 16.3. The van der Waals surface area contributed by atoms with Gasteiger partial charge in [-0.2, -0.15) is 0 Å². The number of nitrogens with zero attached hydrogens (tertiary/aromatic N) is 2. The van der Waals surface area contributed by atoms with Crippen LogP contribution >= 0.6 is 0 Å². The topological polar surface area (TPSA) is 52.7 Å². The van der Waals surface area contributed by atoms with Crippen molar-refractivity contribution >= 4 is 0 Å². The molecule has 0 aliphatic carbocycles. The molecule has 2 atom stereocenters. The van der Waals surface area contributed by atoms with Crippen LogP contribution in [0, 0.1) is 0 Å². The monoisotopic (exact) mass is 187 g/mol. The molecule has 13 heavy (non-hydrogen) atoms. The zero-order valence-electron chi connectivity index (χ0n) is 8.61. The number of aliphatic hydroxyl groups excluding tert-OH is 1. The van der Waals surface area contributed by atoms with Crippen molar-refractivity contribution in [2.75, 3.05) is 40.3 Å². The largest absolute Gasteiger partial charge is 0.390 e. The standard InChI is InChI=1S/C9H21N3O/c1-11-4-3-8(6-11)12(2)7-9(13)5-10/h8-9,13H,3-7,10H2,1-2H3. The SMILES string of the molecule is CN1CCC(N(C)CC(O)CN)C1. The van der Waals surface area contributed by atoms with Crippen LogP contribution in [0.5, 0.6) is 0 Å². The summed E-state index contributed by atoms with van der Waals surface area (Å²) in [7, 11) is 4.19. The minimum atomic E-state index is -0.379. The second kappa shape index (κ2) is 4.91. The van der Waals surface area contributed by atoms with Crippen LogP contribution in [0.3, 0.4) is 0 Å². The minimum Gasteiger partial charge on any atom is -0.390 e. The van der Waals surface area contributed by atoms with E-state index in [-0.39, 0.29) is 6.10 Å². The van der Waals surface area contributed by atoms with Crippen molar-refractivity contribution in [2.24, 2.45) is 5.73 Å². The molecule has 0 aromatic heterocycles. The van der Waals surface area contributed by atoms with Crippen molar-refractivity contribution in [1.82, 2.24) is 9.80 Å². The van der Waals surface area contributed by atoms with Gasteiger partial charge in [0.2, 0.25) is 0 Å². The number of nitrogens with two attached hydrogens (primary N) is 1. The molecule has 0 amide bonds. The van der Waals surface area contributed by atoms with E-state index in [4.69, 9.17) is 5.73 Å². The third kappa shape index (κ3) is 3.23. The van der Waals surface area contributed by atoms with E-state index in [1.807, 2.05) is 0 Å². The highest BCUT2D eigenvalue weighted by molar-refractivity contribution is 4.81. The summed E-state index contributed by atoms with van der Waals surface area (Å²) in [6.45, 7) is 3.31. The maximum absolute atomic E-state index is 9.37. The van der Waals surface area contributed by atoms with Gasteiger partial charge >= 0.3 is 0 Å². The number of likely N-dealkylation sites (tertiary alicyclic amines) is 1. The fourth-order valence-corrected chi connectivity index (χ4v) is 1.83. The van der Waals surface area contributed by atoms with E-state index in [1.54, 1.807) is 0 Å². The highest BCUT2D eigenvalue weighted by Crippen LogP contribution is 2.12. The molecule has 4 heteroatoms. The fraction of sp³-hybridized carbons (Fsp3) is 1.00. The van der Waals surface area contributed by atoms with Gasteiger partial charge in [0.15, 0.2) is 0 Å². The summed E-state index contributed by atoms with van der Waals surface area (Å²) < 4.78 is 0. The maximum Gasteiger partial charge on any atom is 0.0789 e. The van der Waals surface area contributed by atoms with Gasteiger partial charge in [0, 0.05) is 25.7 Å². The first-order chi connectivity index (χ1) is 6.13. The smallest absolute Gasteiger partial charge is 0.0789 e. The second-order valence-electron chi connectivity index (χ2n) is 4.03. The lowest BCUT2D eigenvalue weighted by atomic mass is 10.2. The molecule has 0 saturated carbocycles. The van der Waals surface area contributed by atoms with Crippen LogP contribution in [0.2, 0.25) is 0 Å². The molecule has 0 bridgehead atoms. The predicted octanol–water partition coefficient (Wildman–Crippen LogP) is -1.06. The van der Waals surface area contributed by atoms with Crippen LogP contribution in [0.15, 0.2) is 0 Å². The summed E-state index contributed by atoms with van der Waals surface area (Å²) in [5, 5.41) is 9.37. The molecular weight excluding hydrogens is 166 g/mol. The summed E-state index contributed by atoms with van der Waals surface area (Å²) in [6.07, 6.45) is 0.820. The molecule has 3 N–H and O–H groups in total. The summed E-state index contributed by atoms with van der Waals surface area (Å²) in [5.41, 5.74) is 5.36. The third-order valence-corrected chi connectivity index (χ3v) is 2.76. The third-order valence-electron chi connectivity index (χ3n) is 2.76. The van der Waals surface area contributed by atoms with Crippen LogP contribution in [-0.4, -0.2) is 67.3 Å². The quantitative estimate of drug-likeness (QED) is 0.589. The van der Waals surface area contributed by atoms with Crippen LogP contribution in [0.25, 0.3) is 0 Å². The lowest BCUT2D eigenvalue weighted by Crippen LogP contribution is -2.41. The van der Waals surface area contributed by atoms with Gasteiger partial charge in [0.25, 0.3) is 0 Å². The molecule has 4 nitrogen and oxygen atoms in total. The van der Waals surface area contributed by atoms with E-state index in [9.17, 15) is 5.11 Å². The van der Waals surface area contributed by atoms with E-state index in [2.05, 4.69) is 23.9 Å². The van der Waals surface area contributed by atoms with Crippen LogP contribution in [-0.2, 0) is 0 Å². The van der Waals surface area contributed by atoms with Crippen LogP contribution in [0.1, 0.15) is 6.42 Å². The van der Waals surface area contributed by atoms with Gasteiger partial charge in [0.05, 0.1) is 6.10 Å². The first-order valence-corrected chi connectivity index (χ1v) is 4.90. The first kappa shape index (κ1) is 10.9. The Hall–Kier alpha value is -0.160. The van der Waals surface area contributed by atoms with E-state index < -0.39 is 0 Å². The molecule has 0 spiro atoms. The average molecular weight is 187 g/mol. The molecule has 1 aliphatic heterocycles. The summed E-state index contributed by atoms with van der Waals surface area (Å²) in [6, 6.07) is 0.589. The maximum atomic E-state index is 9.37. The van der Waals surface area contributed by atoms with E-state index in [0.717, 1.165) is 13.1 Å². The zero-order valence-corrected chi connectivity index (χ0v) is 8.61. The number of aliphatic hydroxyl groups is 1. The molecule has 1 aliphatic rings. The van der Waals surface area contributed by atoms with E-state index in [0.29, 0.717) is 19.1 Å². The molecule has 1 saturated heterocycles.